The van der Waals surface area contributed by atoms with Gasteiger partial charge in [0.05, 0.1) is 10.6 Å². The predicted molar refractivity (Wildman–Crippen MR) is 78.7 cm³/mol. The van der Waals surface area contributed by atoms with Crippen molar-refractivity contribution in [1.29, 1.82) is 0 Å². The molecule has 0 atom stereocenters. The lowest BCUT2D eigenvalue weighted by Gasteiger charge is -2.32. The summed E-state index contributed by atoms with van der Waals surface area (Å²) >= 11 is 5.92. The minimum atomic E-state index is -0.612. The van der Waals surface area contributed by atoms with E-state index in [0.29, 0.717) is 25.9 Å². The Kier molecular flexibility index (Phi) is 4.83. The Morgan fingerprint density at radius 2 is 1.90 bits per heavy atom. The number of rotatable bonds is 2. The van der Waals surface area contributed by atoms with Gasteiger partial charge in [-0.2, -0.15) is 0 Å². The molecule has 1 aliphatic heterocycles. The van der Waals surface area contributed by atoms with Crippen molar-refractivity contribution in [3.05, 3.63) is 34.6 Å². The van der Waals surface area contributed by atoms with E-state index >= 15 is 0 Å². The lowest BCUT2D eigenvalue weighted by atomic mass is 9.95. The van der Waals surface area contributed by atoms with Gasteiger partial charge in [-0.15, -0.1) is 0 Å². The van der Waals surface area contributed by atoms with Crippen LogP contribution in [-0.2, 0) is 4.79 Å². The van der Waals surface area contributed by atoms with Crippen LogP contribution < -0.4 is 0 Å². The molecule has 0 bridgehead atoms. The van der Waals surface area contributed by atoms with Gasteiger partial charge in [0.2, 0.25) is 5.91 Å². The zero-order valence-corrected chi connectivity index (χ0v) is 12.9. The summed E-state index contributed by atoms with van der Waals surface area (Å²) in [6, 6.07) is 4.19. The molecule has 0 saturated carbocycles. The first-order chi connectivity index (χ1) is 9.91. The summed E-state index contributed by atoms with van der Waals surface area (Å²) in [4.78, 5) is 27.4. The molecule has 21 heavy (non-hydrogen) atoms. The fourth-order valence-electron chi connectivity index (χ4n) is 2.55. The van der Waals surface area contributed by atoms with Gasteiger partial charge in [0.1, 0.15) is 5.82 Å². The van der Waals surface area contributed by atoms with Crippen LogP contribution in [0.2, 0.25) is 5.02 Å². The Morgan fingerprint density at radius 3 is 2.43 bits per heavy atom. The van der Waals surface area contributed by atoms with Gasteiger partial charge in [-0.25, -0.2) is 4.39 Å². The molecule has 0 aliphatic carbocycles. The molecular formula is C15H18ClFN2O2. The Morgan fingerprint density at radius 1 is 1.29 bits per heavy atom. The highest BCUT2D eigenvalue weighted by molar-refractivity contribution is 6.33. The number of hydrogen-bond donors (Lipinski definition) is 0. The van der Waals surface area contributed by atoms with E-state index in [0.717, 1.165) is 0 Å². The highest BCUT2D eigenvalue weighted by Gasteiger charge is 2.30. The van der Waals surface area contributed by atoms with Gasteiger partial charge in [0, 0.05) is 33.1 Å². The summed E-state index contributed by atoms with van der Waals surface area (Å²) in [5.41, 5.74) is -0.0865. The largest absolute Gasteiger partial charge is 0.349 e. The molecule has 4 nitrogen and oxygen atoms in total. The maximum Gasteiger partial charge on any atom is 0.258 e. The zero-order valence-electron chi connectivity index (χ0n) is 12.1. The van der Waals surface area contributed by atoms with Crippen LogP contribution in [0, 0.1) is 11.7 Å². The normalized spacial score (nSPS) is 15.9. The molecule has 6 heteroatoms. The smallest absolute Gasteiger partial charge is 0.258 e. The van der Waals surface area contributed by atoms with Crippen molar-refractivity contribution in [3.8, 4) is 0 Å². The van der Waals surface area contributed by atoms with E-state index in [1.165, 1.54) is 18.2 Å². The van der Waals surface area contributed by atoms with Crippen LogP contribution in [0.4, 0.5) is 4.39 Å². The van der Waals surface area contributed by atoms with E-state index in [2.05, 4.69) is 0 Å². The molecule has 1 fully saturated rings. The first-order valence-corrected chi connectivity index (χ1v) is 7.24. The highest BCUT2D eigenvalue weighted by atomic mass is 35.5. The number of carbonyl (C=O) groups is 2. The maximum atomic E-state index is 13.8. The van der Waals surface area contributed by atoms with E-state index < -0.39 is 11.7 Å². The van der Waals surface area contributed by atoms with Crippen molar-refractivity contribution in [1.82, 2.24) is 9.80 Å². The van der Waals surface area contributed by atoms with Gasteiger partial charge in [-0.05, 0) is 25.0 Å². The molecule has 1 saturated heterocycles. The molecule has 1 aromatic carbocycles. The number of nitrogens with zero attached hydrogens (tertiary/aromatic N) is 2. The topological polar surface area (TPSA) is 40.6 Å². The fraction of sp³-hybridized carbons (Fsp3) is 0.467. The average molecular weight is 313 g/mol. The SMILES string of the molecule is CN(C)C(=O)C1CCN(C(=O)c2c(F)cccc2Cl)CC1. The minimum absolute atomic E-state index is 0.0693. The molecule has 114 valence electrons. The molecule has 2 rings (SSSR count). The van der Waals surface area contributed by atoms with Crippen LogP contribution in [0.15, 0.2) is 18.2 Å². The van der Waals surface area contributed by atoms with Crippen LogP contribution in [0.5, 0.6) is 0 Å². The number of piperidine rings is 1. The molecule has 0 radical (unpaired) electrons. The third kappa shape index (κ3) is 3.35. The summed E-state index contributed by atoms with van der Waals surface area (Å²) < 4.78 is 13.8. The van der Waals surface area contributed by atoms with Crippen LogP contribution in [0.3, 0.4) is 0 Å². The van der Waals surface area contributed by atoms with E-state index in [1.54, 1.807) is 23.9 Å². The number of benzene rings is 1. The van der Waals surface area contributed by atoms with Crippen LogP contribution in [-0.4, -0.2) is 48.8 Å². The highest BCUT2D eigenvalue weighted by Crippen LogP contribution is 2.24. The molecule has 0 N–H and O–H groups in total. The molecule has 1 aromatic rings. The van der Waals surface area contributed by atoms with Crippen LogP contribution >= 0.6 is 11.6 Å². The second-order valence-corrected chi connectivity index (χ2v) is 5.80. The van der Waals surface area contributed by atoms with Crippen LogP contribution in [0.25, 0.3) is 0 Å². The number of hydrogen-bond acceptors (Lipinski definition) is 2. The Labute approximate surface area is 128 Å². The molecule has 1 aliphatic rings. The summed E-state index contributed by atoms with van der Waals surface area (Å²) in [6.07, 6.45) is 1.18. The van der Waals surface area contributed by atoms with Gasteiger partial charge >= 0.3 is 0 Å². The number of halogens is 2. The van der Waals surface area contributed by atoms with Gasteiger partial charge in [0.25, 0.3) is 5.91 Å². The van der Waals surface area contributed by atoms with Gasteiger partial charge in [0.15, 0.2) is 0 Å². The second-order valence-electron chi connectivity index (χ2n) is 5.40. The number of likely N-dealkylation sites (tertiary alicyclic amines) is 1. The fourth-order valence-corrected chi connectivity index (χ4v) is 2.80. The van der Waals surface area contributed by atoms with Crippen molar-refractivity contribution in [2.75, 3.05) is 27.2 Å². The summed E-state index contributed by atoms with van der Waals surface area (Å²) in [6.45, 7) is 0.876. The quantitative estimate of drug-likeness (QED) is 0.841. The van der Waals surface area contributed by atoms with Gasteiger partial charge in [-0.1, -0.05) is 17.7 Å². The molecular weight excluding hydrogens is 295 g/mol. The van der Waals surface area contributed by atoms with Gasteiger partial charge < -0.3 is 9.80 Å². The average Bonchev–Trinajstić information content (AvgIpc) is 2.46. The van der Waals surface area contributed by atoms with Crippen molar-refractivity contribution >= 4 is 23.4 Å². The molecule has 0 aromatic heterocycles. The predicted octanol–water partition coefficient (Wildman–Crippen LogP) is 2.42. The molecule has 1 heterocycles. The Bertz CT molecular complexity index is 534. The standard InChI is InChI=1S/C15H18ClFN2O2/c1-18(2)14(20)10-6-8-19(9-7-10)15(21)13-11(16)4-3-5-12(13)17/h3-5,10H,6-9H2,1-2H3. The summed E-state index contributed by atoms with van der Waals surface area (Å²) in [5, 5.41) is 0.117. The molecule has 0 unspecified atom stereocenters. The van der Waals surface area contributed by atoms with Crippen molar-refractivity contribution in [2.45, 2.75) is 12.8 Å². The third-order valence-electron chi connectivity index (χ3n) is 3.75. The lowest BCUT2D eigenvalue weighted by molar-refractivity contribution is -0.134. The zero-order chi connectivity index (χ0) is 15.6. The van der Waals surface area contributed by atoms with E-state index in [1.807, 2.05) is 0 Å². The monoisotopic (exact) mass is 312 g/mol. The van der Waals surface area contributed by atoms with Crippen molar-refractivity contribution in [2.24, 2.45) is 5.92 Å². The van der Waals surface area contributed by atoms with Crippen molar-refractivity contribution in [3.63, 3.8) is 0 Å². The first kappa shape index (κ1) is 15.8. The number of carbonyl (C=O) groups excluding carboxylic acids is 2. The third-order valence-corrected chi connectivity index (χ3v) is 4.06. The second kappa shape index (κ2) is 6.43. The molecule has 2 amide bonds. The summed E-state index contributed by atoms with van der Waals surface area (Å²) in [7, 11) is 3.44. The van der Waals surface area contributed by atoms with Crippen LogP contribution in [0.1, 0.15) is 23.2 Å². The van der Waals surface area contributed by atoms with E-state index in [4.69, 9.17) is 11.6 Å². The lowest BCUT2D eigenvalue weighted by Crippen LogP contribution is -2.43. The Hall–Kier alpha value is -1.62. The minimum Gasteiger partial charge on any atom is -0.349 e. The molecule has 0 spiro atoms. The summed E-state index contributed by atoms with van der Waals surface area (Å²) in [5.74, 6) is -1.01. The van der Waals surface area contributed by atoms with Crippen molar-refractivity contribution < 1.29 is 14.0 Å². The van der Waals surface area contributed by atoms with E-state index in [-0.39, 0.29) is 22.4 Å². The Balaban J connectivity index is 2.06. The maximum absolute atomic E-state index is 13.8. The number of amides is 2. The van der Waals surface area contributed by atoms with Gasteiger partial charge in [-0.3, -0.25) is 9.59 Å². The van der Waals surface area contributed by atoms with E-state index in [9.17, 15) is 14.0 Å². The first-order valence-electron chi connectivity index (χ1n) is 6.86.